The van der Waals surface area contributed by atoms with Gasteiger partial charge in [0.1, 0.15) is 25.0 Å². The highest BCUT2D eigenvalue weighted by molar-refractivity contribution is 7.89. The molecular formula is C25H30N4O9S2. The number of aromatic nitrogens is 1. The van der Waals surface area contributed by atoms with Gasteiger partial charge in [-0.05, 0) is 36.4 Å². The van der Waals surface area contributed by atoms with Crippen LogP contribution in [0, 0.1) is 0 Å². The number of sulfonamides is 2. The zero-order valence-corrected chi connectivity index (χ0v) is 23.3. The molecule has 2 heterocycles. The summed E-state index contributed by atoms with van der Waals surface area (Å²) in [5.41, 5.74) is 0.725. The number of nitrogens with one attached hydrogen (secondary N) is 1. The van der Waals surface area contributed by atoms with E-state index in [4.69, 9.17) is 9.47 Å². The van der Waals surface area contributed by atoms with Gasteiger partial charge in [-0.1, -0.05) is 18.2 Å². The van der Waals surface area contributed by atoms with Gasteiger partial charge in [-0.25, -0.2) is 26.4 Å². The number of hydrogen-bond donors (Lipinski definition) is 2. The molecule has 0 spiro atoms. The number of carboxylic acids is 1. The predicted octanol–water partition coefficient (Wildman–Crippen LogP) is 1.01. The van der Waals surface area contributed by atoms with Crippen molar-refractivity contribution in [3.8, 4) is 5.75 Å². The van der Waals surface area contributed by atoms with Crippen LogP contribution in [-0.4, -0.2) is 106 Å². The van der Waals surface area contributed by atoms with Crippen LogP contribution in [0.1, 0.15) is 0 Å². The van der Waals surface area contributed by atoms with Gasteiger partial charge in [0.25, 0.3) is 0 Å². The minimum absolute atomic E-state index is 0.0258. The predicted molar refractivity (Wildman–Crippen MR) is 145 cm³/mol. The number of carbonyl (C=O) groups is 2. The zero-order chi connectivity index (χ0) is 28.9. The fraction of sp³-hybridized carbons (Fsp3) is 0.360. The van der Waals surface area contributed by atoms with Crippen molar-refractivity contribution < 1.29 is 41.0 Å². The van der Waals surface area contributed by atoms with E-state index in [1.807, 2.05) is 18.2 Å². The summed E-state index contributed by atoms with van der Waals surface area (Å²) in [4.78, 5) is 25.6. The van der Waals surface area contributed by atoms with Crippen LogP contribution in [0.2, 0.25) is 0 Å². The van der Waals surface area contributed by atoms with E-state index in [-0.39, 0.29) is 44.3 Å². The Balaban J connectivity index is 1.25. The lowest BCUT2D eigenvalue weighted by molar-refractivity contribution is -0.143. The van der Waals surface area contributed by atoms with Crippen LogP contribution >= 0.6 is 0 Å². The number of piperazine rings is 1. The van der Waals surface area contributed by atoms with Crippen molar-refractivity contribution in [1.82, 2.24) is 18.5 Å². The van der Waals surface area contributed by atoms with Crippen molar-refractivity contribution in [3.63, 3.8) is 0 Å². The van der Waals surface area contributed by atoms with Crippen molar-refractivity contribution in [2.24, 2.45) is 0 Å². The molecule has 2 aromatic carbocycles. The highest BCUT2D eigenvalue weighted by atomic mass is 32.2. The lowest BCUT2D eigenvalue weighted by atomic mass is 10.2. The van der Waals surface area contributed by atoms with E-state index in [1.54, 1.807) is 18.3 Å². The molecule has 2 N–H and O–H groups in total. The van der Waals surface area contributed by atoms with Crippen LogP contribution in [0.25, 0.3) is 10.9 Å². The number of aliphatic carboxylic acids is 1. The van der Waals surface area contributed by atoms with E-state index < -0.39 is 44.7 Å². The number of para-hydroxylation sites is 1. The number of nitrogens with zero attached hydrogens (tertiary/aromatic N) is 3. The number of fused-ring (bicyclic) bond motifs is 1. The summed E-state index contributed by atoms with van der Waals surface area (Å²) in [5.74, 6) is -0.863. The molecule has 1 atom stereocenters. The molecule has 3 aromatic rings. The normalized spacial score (nSPS) is 16.0. The lowest BCUT2D eigenvalue weighted by Gasteiger charge is -2.36. The van der Waals surface area contributed by atoms with Gasteiger partial charge < -0.3 is 14.6 Å². The quantitative estimate of drug-likeness (QED) is 0.306. The molecule has 1 saturated heterocycles. The molecule has 13 nitrogen and oxygen atoms in total. The average molecular weight is 595 g/mol. The number of carbonyl (C=O) groups excluding carboxylic acids is 1. The first-order chi connectivity index (χ1) is 19.0. The lowest BCUT2D eigenvalue weighted by Crippen LogP contribution is -2.56. The zero-order valence-electron chi connectivity index (χ0n) is 21.7. The van der Waals surface area contributed by atoms with E-state index in [9.17, 15) is 31.5 Å². The molecule has 0 aliphatic carbocycles. The third-order valence-electron chi connectivity index (χ3n) is 6.44. The second kappa shape index (κ2) is 12.3. The smallest absolute Gasteiger partial charge is 0.418 e. The molecule has 1 aliphatic heterocycles. The van der Waals surface area contributed by atoms with Gasteiger partial charge >= 0.3 is 12.1 Å². The van der Waals surface area contributed by atoms with E-state index in [0.717, 1.165) is 17.2 Å². The van der Waals surface area contributed by atoms with E-state index >= 15 is 0 Å². The van der Waals surface area contributed by atoms with Crippen molar-refractivity contribution >= 4 is 43.0 Å². The molecule has 216 valence electrons. The Hall–Kier alpha value is -3.50. The van der Waals surface area contributed by atoms with Gasteiger partial charge in [0, 0.05) is 44.3 Å². The number of benzene rings is 2. The maximum absolute atomic E-state index is 12.8. The second-order valence-corrected chi connectivity index (χ2v) is 12.8. The molecule has 0 radical (unpaired) electrons. The van der Waals surface area contributed by atoms with Crippen molar-refractivity contribution in [3.05, 3.63) is 60.8 Å². The topological polar surface area (TPSA) is 165 Å². The highest BCUT2D eigenvalue weighted by Crippen LogP contribution is 2.18. The van der Waals surface area contributed by atoms with Gasteiger partial charge in [-0.3, -0.25) is 14.3 Å². The van der Waals surface area contributed by atoms with Crippen LogP contribution in [0.5, 0.6) is 5.75 Å². The summed E-state index contributed by atoms with van der Waals surface area (Å²) in [6.07, 6.45) is 2.16. The summed E-state index contributed by atoms with van der Waals surface area (Å²) in [5, 5.41) is 10.5. The Morgan fingerprint density at radius 1 is 0.950 bits per heavy atom. The fourth-order valence-electron chi connectivity index (χ4n) is 4.31. The molecule has 0 bridgehead atoms. The Kier molecular flexibility index (Phi) is 9.10. The monoisotopic (exact) mass is 594 g/mol. The molecule has 4 rings (SSSR count). The van der Waals surface area contributed by atoms with Gasteiger partial charge in [0.15, 0.2) is 0 Å². The molecule has 0 unspecified atom stereocenters. The average Bonchev–Trinajstić information content (AvgIpc) is 3.35. The van der Waals surface area contributed by atoms with Crippen LogP contribution < -0.4 is 9.46 Å². The van der Waals surface area contributed by atoms with E-state index in [0.29, 0.717) is 5.75 Å². The summed E-state index contributed by atoms with van der Waals surface area (Å²) in [6, 6.07) is 13.5. The Bertz CT molecular complexity index is 1560. The second-order valence-electron chi connectivity index (χ2n) is 9.08. The Labute approximate surface area is 232 Å². The number of hydrogen-bond acceptors (Lipinski definition) is 9. The molecule has 1 aromatic heterocycles. The summed E-state index contributed by atoms with van der Waals surface area (Å²) >= 11 is 0. The van der Waals surface area contributed by atoms with Gasteiger partial charge in [0.05, 0.1) is 16.7 Å². The molecular weight excluding hydrogens is 564 g/mol. The SMILES string of the molecule is CS(=O)(=O)N1CCN([C@@H](CNS(=O)(=O)c2ccc(OCCOC(=O)n3ccc4ccccc43)cc2)C(=O)O)CC1. The van der Waals surface area contributed by atoms with Crippen LogP contribution in [0.3, 0.4) is 0 Å². The Morgan fingerprint density at radius 3 is 2.27 bits per heavy atom. The summed E-state index contributed by atoms with van der Waals surface area (Å²) < 4.78 is 64.7. The van der Waals surface area contributed by atoms with Crippen molar-refractivity contribution in [1.29, 1.82) is 0 Å². The first-order valence-electron chi connectivity index (χ1n) is 12.3. The Morgan fingerprint density at radius 2 is 1.62 bits per heavy atom. The van der Waals surface area contributed by atoms with Crippen LogP contribution in [0.4, 0.5) is 4.79 Å². The van der Waals surface area contributed by atoms with E-state index in [1.165, 1.54) is 38.0 Å². The third kappa shape index (κ3) is 7.17. The minimum atomic E-state index is -4.03. The molecule has 40 heavy (non-hydrogen) atoms. The molecule has 0 amide bonds. The van der Waals surface area contributed by atoms with Gasteiger partial charge in [0.2, 0.25) is 20.0 Å². The van der Waals surface area contributed by atoms with E-state index in [2.05, 4.69) is 4.72 Å². The van der Waals surface area contributed by atoms with Crippen molar-refractivity contribution in [2.45, 2.75) is 10.9 Å². The standard InChI is InChI=1S/C25H30N4O9S2/c1-39(33,34)28-14-12-27(13-15-28)23(24(30)31)18-26-40(35,36)21-8-6-20(7-9-21)37-16-17-38-25(32)29-11-10-19-4-2-3-5-22(19)29/h2-11,23,26H,12-18H2,1H3,(H,30,31)/t23-/m0/s1. The number of carboxylic acid groups (broad SMARTS) is 1. The minimum Gasteiger partial charge on any atom is -0.490 e. The maximum Gasteiger partial charge on any atom is 0.418 e. The van der Waals surface area contributed by atoms with Crippen LogP contribution in [0.15, 0.2) is 65.7 Å². The van der Waals surface area contributed by atoms with Crippen molar-refractivity contribution in [2.75, 3.05) is 52.2 Å². The number of rotatable bonds is 11. The highest BCUT2D eigenvalue weighted by Gasteiger charge is 2.32. The maximum atomic E-state index is 12.8. The van der Waals surface area contributed by atoms with Gasteiger partial charge in [-0.2, -0.15) is 4.31 Å². The largest absolute Gasteiger partial charge is 0.490 e. The third-order valence-corrected chi connectivity index (χ3v) is 9.19. The molecule has 1 aliphatic rings. The molecule has 1 fully saturated rings. The van der Waals surface area contributed by atoms with Gasteiger partial charge in [-0.15, -0.1) is 0 Å². The first-order valence-corrected chi connectivity index (χ1v) is 15.7. The first kappa shape index (κ1) is 29.5. The summed E-state index contributed by atoms with van der Waals surface area (Å²) in [7, 11) is -7.42. The fourth-order valence-corrected chi connectivity index (χ4v) is 6.17. The number of ether oxygens (including phenoxy) is 2. The molecule has 15 heteroatoms. The molecule has 0 saturated carbocycles. The summed E-state index contributed by atoms with van der Waals surface area (Å²) in [6.45, 7) is 0.198. The van der Waals surface area contributed by atoms with Crippen LogP contribution in [-0.2, 0) is 29.6 Å².